The van der Waals surface area contributed by atoms with Gasteiger partial charge in [0.1, 0.15) is 12.6 Å². The Morgan fingerprint density at radius 3 is 2.42 bits per heavy atom. The summed E-state index contributed by atoms with van der Waals surface area (Å²) in [6.07, 6.45) is 1.97. The standard InChI is InChI=1S/C27H30BrN2O2S/c1-20(21-8-4-2-5-9-21)30-14-12-22(13-15-30)26(18-30)32-27(31)29(24-10-6-3-7-11-24)17-25-16-23(28)19-33-25/h2-11,16,19-20,22,26H,12-15,17-18H2,1H3/q+1/t20?,22?,26-,30?/m0/s1. The Kier molecular flexibility index (Phi) is 6.59. The van der Waals surface area contributed by atoms with Crippen molar-refractivity contribution in [1.29, 1.82) is 0 Å². The average Bonchev–Trinajstić information content (AvgIpc) is 3.28. The molecule has 0 N–H and O–H groups in total. The van der Waals surface area contributed by atoms with Crippen molar-refractivity contribution >= 4 is 39.0 Å². The zero-order valence-corrected chi connectivity index (χ0v) is 21.3. The topological polar surface area (TPSA) is 29.5 Å². The number of quaternary nitrogens is 1. The maximum atomic E-state index is 13.5. The van der Waals surface area contributed by atoms with E-state index < -0.39 is 0 Å². The maximum absolute atomic E-state index is 13.5. The van der Waals surface area contributed by atoms with Crippen LogP contribution in [0.4, 0.5) is 10.5 Å². The molecule has 4 heterocycles. The predicted octanol–water partition coefficient (Wildman–Crippen LogP) is 7.02. The van der Waals surface area contributed by atoms with Crippen LogP contribution < -0.4 is 4.90 Å². The number of nitrogens with zero attached hydrogens (tertiary/aromatic N) is 2. The van der Waals surface area contributed by atoms with Gasteiger partial charge >= 0.3 is 6.09 Å². The Morgan fingerprint density at radius 2 is 1.79 bits per heavy atom. The normalized spacial score (nSPS) is 24.9. The van der Waals surface area contributed by atoms with Gasteiger partial charge in [-0.05, 0) is 41.1 Å². The zero-order valence-electron chi connectivity index (χ0n) is 18.9. The minimum atomic E-state index is -0.241. The Balaban J connectivity index is 1.35. The van der Waals surface area contributed by atoms with Gasteiger partial charge in [0, 0.05) is 44.7 Å². The van der Waals surface area contributed by atoms with Crippen molar-refractivity contribution < 1.29 is 14.0 Å². The van der Waals surface area contributed by atoms with Crippen molar-refractivity contribution in [2.45, 2.75) is 38.5 Å². The van der Waals surface area contributed by atoms with Crippen LogP contribution in [0.15, 0.2) is 76.6 Å². The van der Waals surface area contributed by atoms with Crippen molar-refractivity contribution in [3.8, 4) is 0 Å². The van der Waals surface area contributed by atoms with E-state index in [9.17, 15) is 4.79 Å². The molecule has 3 aromatic rings. The van der Waals surface area contributed by atoms with Crippen LogP contribution in [0.3, 0.4) is 0 Å². The van der Waals surface area contributed by atoms with E-state index in [1.807, 2.05) is 30.3 Å². The summed E-state index contributed by atoms with van der Waals surface area (Å²) in [5.74, 6) is 0.463. The number of hydrogen-bond acceptors (Lipinski definition) is 3. The number of thiophene rings is 1. The molecule has 2 aromatic carbocycles. The van der Waals surface area contributed by atoms with Gasteiger partial charge in [-0.2, -0.15) is 0 Å². The highest BCUT2D eigenvalue weighted by Gasteiger charge is 2.50. The van der Waals surface area contributed by atoms with Crippen LogP contribution in [0.1, 0.15) is 36.2 Å². The van der Waals surface area contributed by atoms with E-state index >= 15 is 0 Å². The fraction of sp³-hybridized carbons (Fsp3) is 0.370. The number of carbonyl (C=O) groups excluding carboxylic acids is 1. The van der Waals surface area contributed by atoms with E-state index in [2.05, 4.69) is 64.6 Å². The number of piperidine rings is 3. The molecule has 0 spiro atoms. The van der Waals surface area contributed by atoms with Gasteiger partial charge in [-0.3, -0.25) is 4.90 Å². The third kappa shape index (κ3) is 4.75. The summed E-state index contributed by atoms with van der Waals surface area (Å²) in [6, 6.07) is 23.1. The average molecular weight is 527 g/mol. The molecule has 1 unspecified atom stereocenters. The molecule has 6 heteroatoms. The summed E-state index contributed by atoms with van der Waals surface area (Å²) in [5, 5.41) is 2.05. The first-order valence-corrected chi connectivity index (χ1v) is 13.4. The fourth-order valence-electron chi connectivity index (χ4n) is 5.55. The van der Waals surface area contributed by atoms with E-state index in [0.29, 0.717) is 18.5 Å². The van der Waals surface area contributed by atoms with Gasteiger partial charge in [0.2, 0.25) is 0 Å². The summed E-state index contributed by atoms with van der Waals surface area (Å²) >= 11 is 5.18. The summed E-state index contributed by atoms with van der Waals surface area (Å²) in [6.45, 7) is 6.09. The quantitative estimate of drug-likeness (QED) is 0.323. The molecule has 0 aliphatic carbocycles. The molecule has 6 rings (SSSR count). The monoisotopic (exact) mass is 525 g/mol. The van der Waals surface area contributed by atoms with E-state index in [1.165, 1.54) is 18.7 Å². The second kappa shape index (κ2) is 9.61. The van der Waals surface area contributed by atoms with Gasteiger partial charge in [0.15, 0.2) is 6.10 Å². The Bertz CT molecular complexity index is 1080. The maximum Gasteiger partial charge on any atom is 0.415 e. The summed E-state index contributed by atoms with van der Waals surface area (Å²) < 4.78 is 8.36. The lowest BCUT2D eigenvalue weighted by molar-refractivity contribution is -0.972. The molecule has 172 valence electrons. The number of benzene rings is 2. The largest absolute Gasteiger partial charge is 0.440 e. The smallest absolute Gasteiger partial charge is 0.415 e. The van der Waals surface area contributed by atoms with Crippen LogP contribution in [0.5, 0.6) is 0 Å². The molecule has 3 fully saturated rings. The summed E-state index contributed by atoms with van der Waals surface area (Å²) in [4.78, 5) is 16.4. The lowest BCUT2D eigenvalue weighted by Gasteiger charge is -2.55. The van der Waals surface area contributed by atoms with E-state index in [1.54, 1.807) is 16.2 Å². The molecule has 1 aromatic heterocycles. The highest BCUT2D eigenvalue weighted by molar-refractivity contribution is 9.10. The molecular weight excluding hydrogens is 496 g/mol. The van der Waals surface area contributed by atoms with Gasteiger partial charge in [0.25, 0.3) is 0 Å². The number of ether oxygens (including phenoxy) is 1. The van der Waals surface area contributed by atoms with Gasteiger partial charge < -0.3 is 9.22 Å². The minimum absolute atomic E-state index is 0.0348. The first-order chi connectivity index (χ1) is 16.0. The van der Waals surface area contributed by atoms with Crippen LogP contribution in [0.25, 0.3) is 0 Å². The van der Waals surface area contributed by atoms with Gasteiger partial charge in [-0.25, -0.2) is 4.79 Å². The van der Waals surface area contributed by atoms with Gasteiger partial charge in [-0.1, -0.05) is 48.5 Å². The van der Waals surface area contributed by atoms with Gasteiger partial charge in [0.05, 0.1) is 19.6 Å². The highest BCUT2D eigenvalue weighted by atomic mass is 79.9. The van der Waals surface area contributed by atoms with Crippen LogP contribution in [-0.2, 0) is 11.3 Å². The molecule has 3 aliphatic rings. The predicted molar refractivity (Wildman–Crippen MR) is 137 cm³/mol. The molecule has 2 atom stereocenters. The molecule has 3 aliphatic heterocycles. The third-order valence-corrected chi connectivity index (χ3v) is 9.22. The number of carbonyl (C=O) groups is 1. The van der Waals surface area contributed by atoms with Crippen molar-refractivity contribution in [2.75, 3.05) is 24.5 Å². The first kappa shape index (κ1) is 22.6. The highest BCUT2D eigenvalue weighted by Crippen LogP contribution is 2.42. The van der Waals surface area contributed by atoms with Crippen molar-refractivity contribution in [1.82, 2.24) is 0 Å². The number of halogens is 1. The van der Waals surface area contributed by atoms with Gasteiger partial charge in [-0.15, -0.1) is 11.3 Å². The van der Waals surface area contributed by atoms with Crippen molar-refractivity contribution in [2.24, 2.45) is 5.92 Å². The number of amides is 1. The first-order valence-electron chi connectivity index (χ1n) is 11.7. The van der Waals surface area contributed by atoms with E-state index in [4.69, 9.17) is 4.74 Å². The van der Waals surface area contributed by atoms with Crippen molar-refractivity contribution in [3.63, 3.8) is 0 Å². The van der Waals surface area contributed by atoms with Crippen molar-refractivity contribution in [3.05, 3.63) is 87.0 Å². The molecule has 2 bridgehead atoms. The zero-order chi connectivity index (χ0) is 22.8. The molecule has 33 heavy (non-hydrogen) atoms. The lowest BCUT2D eigenvalue weighted by atomic mass is 9.81. The van der Waals surface area contributed by atoms with Crippen LogP contribution in [0, 0.1) is 5.92 Å². The Morgan fingerprint density at radius 1 is 1.12 bits per heavy atom. The molecule has 0 saturated carbocycles. The molecule has 1 amide bonds. The molecule has 4 nitrogen and oxygen atoms in total. The van der Waals surface area contributed by atoms with Crippen LogP contribution in [-0.4, -0.2) is 36.3 Å². The number of anilines is 1. The second-order valence-corrected chi connectivity index (χ2v) is 11.3. The number of rotatable bonds is 6. The number of fused-ring (bicyclic) bond motifs is 3. The minimum Gasteiger partial charge on any atom is -0.440 e. The Hall–Kier alpha value is -2.15. The van der Waals surface area contributed by atoms with E-state index in [-0.39, 0.29) is 12.2 Å². The molecule has 3 saturated heterocycles. The lowest BCUT2D eigenvalue weighted by Crippen LogP contribution is -2.65. The Labute approximate surface area is 208 Å². The third-order valence-electron chi connectivity index (χ3n) is 7.54. The number of para-hydroxylation sites is 1. The molecule has 0 radical (unpaired) electrons. The van der Waals surface area contributed by atoms with Crippen LogP contribution in [0.2, 0.25) is 0 Å². The fourth-order valence-corrected chi connectivity index (χ4v) is 6.98. The van der Waals surface area contributed by atoms with Crippen LogP contribution >= 0.6 is 27.3 Å². The SMILES string of the molecule is CC(c1ccccc1)[N+]12CCC(CC1)[C@@H](OC(=O)N(Cc1cc(Br)cs1)c1ccccc1)C2. The number of hydrogen-bond donors (Lipinski definition) is 0. The summed E-state index contributed by atoms with van der Waals surface area (Å²) in [7, 11) is 0. The summed E-state index contributed by atoms with van der Waals surface area (Å²) in [5.41, 5.74) is 2.24. The van der Waals surface area contributed by atoms with E-state index in [0.717, 1.165) is 38.9 Å². The second-order valence-electron chi connectivity index (χ2n) is 9.35. The molecular formula is C27H30BrN2O2S+.